The second kappa shape index (κ2) is 8.48. The van der Waals surface area contributed by atoms with E-state index in [4.69, 9.17) is 9.47 Å². The number of pyridine rings is 1. The first-order valence-corrected chi connectivity index (χ1v) is 10.5. The number of methoxy groups -OCH3 is 1. The van der Waals surface area contributed by atoms with Gasteiger partial charge in [0.05, 0.1) is 13.2 Å². The summed E-state index contributed by atoms with van der Waals surface area (Å²) in [6.45, 7) is 6.06. The van der Waals surface area contributed by atoms with E-state index in [9.17, 15) is 9.59 Å². The number of carbonyl (C=O) groups excluding carboxylic acids is 1. The average Bonchev–Trinajstić information content (AvgIpc) is 2.85. The fraction of sp³-hybridized carbons (Fsp3) is 0.684. The molecule has 6 nitrogen and oxygen atoms in total. The van der Waals surface area contributed by atoms with Crippen LogP contribution in [0.3, 0.4) is 0 Å². The van der Waals surface area contributed by atoms with Gasteiger partial charge in [-0.15, -0.1) is 0 Å². The summed E-state index contributed by atoms with van der Waals surface area (Å²) >= 11 is 2.01. The maximum absolute atomic E-state index is 12.7. The monoisotopic (exact) mass is 380 g/mol. The van der Waals surface area contributed by atoms with Crippen LogP contribution in [-0.2, 0) is 17.7 Å². The molecule has 2 aliphatic heterocycles. The van der Waals surface area contributed by atoms with Crippen LogP contribution in [0.2, 0.25) is 0 Å². The Morgan fingerprint density at radius 3 is 2.62 bits per heavy atom. The van der Waals surface area contributed by atoms with E-state index >= 15 is 0 Å². The lowest BCUT2D eigenvalue weighted by atomic mass is 10.1. The molecule has 26 heavy (non-hydrogen) atoms. The number of nitrogens with zero attached hydrogens (tertiary/aromatic N) is 2. The standard InChI is InChI=1S/C19H28N2O4S/c1-13(2)25-16-12-17(22)21-9-8-20(14-5-10-26-11-6-14)7-4-15(21)18(16)19(23)24-3/h12-14H,4-11H2,1-3H3. The molecular formula is C19H28N2O4S. The molecule has 0 saturated carbocycles. The van der Waals surface area contributed by atoms with Crippen LogP contribution in [0.4, 0.5) is 0 Å². The molecule has 0 amide bonds. The highest BCUT2D eigenvalue weighted by atomic mass is 32.2. The molecule has 0 unspecified atom stereocenters. The minimum atomic E-state index is -0.438. The van der Waals surface area contributed by atoms with Crippen LogP contribution in [0.1, 0.15) is 42.7 Å². The zero-order valence-corrected chi connectivity index (χ0v) is 16.6. The first-order valence-electron chi connectivity index (χ1n) is 9.34. The van der Waals surface area contributed by atoms with Crippen LogP contribution in [0.5, 0.6) is 5.75 Å². The zero-order valence-electron chi connectivity index (χ0n) is 15.8. The van der Waals surface area contributed by atoms with Crippen molar-refractivity contribution in [1.82, 2.24) is 9.47 Å². The zero-order chi connectivity index (χ0) is 18.7. The van der Waals surface area contributed by atoms with Gasteiger partial charge in [-0.1, -0.05) is 0 Å². The predicted octanol–water partition coefficient (Wildman–Crippen LogP) is 2.18. The summed E-state index contributed by atoms with van der Waals surface area (Å²) in [4.78, 5) is 27.6. The molecule has 1 aromatic heterocycles. The summed E-state index contributed by atoms with van der Waals surface area (Å²) in [7, 11) is 1.37. The predicted molar refractivity (Wildman–Crippen MR) is 103 cm³/mol. The van der Waals surface area contributed by atoms with Crippen molar-refractivity contribution in [3.05, 3.63) is 27.7 Å². The molecule has 0 aliphatic carbocycles. The molecule has 0 bridgehead atoms. The Labute approximate surface area is 158 Å². The smallest absolute Gasteiger partial charge is 0.343 e. The van der Waals surface area contributed by atoms with Crippen LogP contribution >= 0.6 is 11.8 Å². The molecule has 3 heterocycles. The van der Waals surface area contributed by atoms with E-state index in [0.29, 0.717) is 30.3 Å². The maximum Gasteiger partial charge on any atom is 0.343 e. The van der Waals surface area contributed by atoms with E-state index in [1.807, 2.05) is 25.6 Å². The number of carbonyl (C=O) groups is 1. The number of ether oxygens (including phenoxy) is 2. The van der Waals surface area contributed by atoms with Crippen molar-refractivity contribution in [2.45, 2.75) is 51.8 Å². The lowest BCUT2D eigenvalue weighted by molar-refractivity contribution is 0.0591. The SMILES string of the molecule is COC(=O)c1c(OC(C)C)cc(=O)n2c1CCN(C1CCSCC1)CC2. The van der Waals surface area contributed by atoms with Gasteiger partial charge in [0.1, 0.15) is 11.3 Å². The summed E-state index contributed by atoms with van der Waals surface area (Å²) in [5.74, 6) is 2.30. The van der Waals surface area contributed by atoms with Crippen LogP contribution in [0, 0.1) is 0 Å². The van der Waals surface area contributed by atoms with Crippen molar-refractivity contribution in [2.75, 3.05) is 31.7 Å². The van der Waals surface area contributed by atoms with Gasteiger partial charge in [0.2, 0.25) is 0 Å². The summed E-state index contributed by atoms with van der Waals surface area (Å²) in [5.41, 5.74) is 1.04. The lowest BCUT2D eigenvalue weighted by Gasteiger charge is -2.32. The van der Waals surface area contributed by atoms with Crippen LogP contribution < -0.4 is 10.3 Å². The van der Waals surface area contributed by atoms with E-state index < -0.39 is 5.97 Å². The largest absolute Gasteiger partial charge is 0.490 e. The maximum atomic E-state index is 12.7. The second-order valence-corrected chi connectivity index (χ2v) is 8.33. The van der Waals surface area contributed by atoms with Gasteiger partial charge >= 0.3 is 5.97 Å². The molecule has 3 rings (SSSR count). The summed E-state index contributed by atoms with van der Waals surface area (Å²) in [5, 5.41) is 0. The quantitative estimate of drug-likeness (QED) is 0.746. The van der Waals surface area contributed by atoms with Crippen molar-refractivity contribution >= 4 is 17.7 Å². The molecule has 0 radical (unpaired) electrons. The lowest BCUT2D eigenvalue weighted by Crippen LogP contribution is -2.40. The van der Waals surface area contributed by atoms with E-state index in [2.05, 4.69) is 4.90 Å². The summed E-state index contributed by atoms with van der Waals surface area (Å²) in [6.07, 6.45) is 2.92. The molecule has 1 fully saturated rings. The van der Waals surface area contributed by atoms with Crippen molar-refractivity contribution < 1.29 is 14.3 Å². The van der Waals surface area contributed by atoms with Crippen LogP contribution in [0.15, 0.2) is 10.9 Å². The van der Waals surface area contributed by atoms with Gasteiger partial charge in [0.15, 0.2) is 0 Å². The van der Waals surface area contributed by atoms with Crippen molar-refractivity contribution in [3.63, 3.8) is 0 Å². The summed E-state index contributed by atoms with van der Waals surface area (Å²) < 4.78 is 12.5. The third kappa shape index (κ3) is 4.09. The van der Waals surface area contributed by atoms with Crippen molar-refractivity contribution in [2.24, 2.45) is 0 Å². The van der Waals surface area contributed by atoms with Gasteiger partial charge in [-0.2, -0.15) is 11.8 Å². The average molecular weight is 381 g/mol. The Kier molecular flexibility index (Phi) is 6.29. The first-order chi connectivity index (χ1) is 12.5. The minimum Gasteiger partial charge on any atom is -0.490 e. The van der Waals surface area contributed by atoms with Crippen molar-refractivity contribution in [3.8, 4) is 5.75 Å². The van der Waals surface area contributed by atoms with Gasteiger partial charge < -0.3 is 14.0 Å². The van der Waals surface area contributed by atoms with E-state index in [-0.39, 0.29) is 11.7 Å². The van der Waals surface area contributed by atoms with E-state index in [1.54, 1.807) is 4.57 Å². The second-order valence-electron chi connectivity index (χ2n) is 7.11. The number of hydrogen-bond acceptors (Lipinski definition) is 6. The van der Waals surface area contributed by atoms with Gasteiger partial charge in [-0.25, -0.2) is 4.79 Å². The normalized spacial score (nSPS) is 19.1. The Morgan fingerprint density at radius 1 is 1.23 bits per heavy atom. The van der Waals surface area contributed by atoms with Crippen molar-refractivity contribution in [1.29, 1.82) is 0 Å². The molecule has 0 atom stereocenters. The Morgan fingerprint density at radius 2 is 1.96 bits per heavy atom. The molecule has 0 N–H and O–H groups in total. The third-order valence-corrected chi connectivity index (χ3v) is 6.14. The van der Waals surface area contributed by atoms with Gasteiger partial charge in [-0.3, -0.25) is 9.69 Å². The van der Waals surface area contributed by atoms with Gasteiger partial charge in [0, 0.05) is 43.9 Å². The highest BCUT2D eigenvalue weighted by molar-refractivity contribution is 7.99. The Hall–Kier alpha value is -1.47. The molecule has 144 valence electrons. The number of esters is 1. The fourth-order valence-electron chi connectivity index (χ4n) is 3.85. The summed E-state index contributed by atoms with van der Waals surface area (Å²) in [6, 6.07) is 2.01. The fourth-order valence-corrected chi connectivity index (χ4v) is 4.93. The topological polar surface area (TPSA) is 60.8 Å². The molecular weight excluding hydrogens is 352 g/mol. The number of thioether (sulfide) groups is 1. The van der Waals surface area contributed by atoms with E-state index in [1.165, 1.54) is 37.5 Å². The van der Waals surface area contributed by atoms with Crippen LogP contribution in [0.25, 0.3) is 0 Å². The number of rotatable bonds is 4. The molecule has 0 aromatic carbocycles. The molecule has 0 spiro atoms. The number of hydrogen-bond donors (Lipinski definition) is 0. The minimum absolute atomic E-state index is 0.107. The van der Waals surface area contributed by atoms with Gasteiger partial charge in [0.25, 0.3) is 5.56 Å². The molecule has 7 heteroatoms. The highest BCUT2D eigenvalue weighted by Crippen LogP contribution is 2.27. The third-order valence-electron chi connectivity index (χ3n) is 5.09. The first kappa shape index (κ1) is 19.3. The van der Waals surface area contributed by atoms with Gasteiger partial charge in [-0.05, 0) is 38.2 Å². The Bertz CT molecular complexity index is 710. The number of aromatic nitrogens is 1. The molecule has 1 aromatic rings. The molecule has 1 saturated heterocycles. The van der Waals surface area contributed by atoms with Crippen LogP contribution in [-0.4, -0.2) is 59.3 Å². The Balaban J connectivity index is 1.95. The highest BCUT2D eigenvalue weighted by Gasteiger charge is 2.29. The van der Waals surface area contributed by atoms with E-state index in [0.717, 1.165) is 18.8 Å². The molecule has 2 aliphatic rings. The number of fused-ring (bicyclic) bond motifs is 1.